The van der Waals surface area contributed by atoms with Gasteiger partial charge in [-0.3, -0.25) is 9.35 Å². The van der Waals surface area contributed by atoms with E-state index in [9.17, 15) is 22.9 Å². The van der Waals surface area contributed by atoms with Crippen molar-refractivity contribution >= 4 is 32.2 Å². The van der Waals surface area contributed by atoms with Gasteiger partial charge >= 0.3 is 5.97 Å². The molecule has 0 amide bonds. The first-order valence-corrected chi connectivity index (χ1v) is 18.6. The number of carboxylic acids is 1. The normalized spacial score (nSPS) is 13.6. The first-order chi connectivity index (χ1) is 13.5. The quantitative estimate of drug-likeness (QED) is 0.186. The van der Waals surface area contributed by atoms with Gasteiger partial charge in [0.25, 0.3) is 10.1 Å². The first-order valence-electron chi connectivity index (χ1n) is 11.7. The molecule has 0 aromatic rings. The average Bonchev–Trinajstić information content (AvgIpc) is 2.59. The molecule has 29 heavy (non-hydrogen) atoms. The molecule has 0 spiro atoms. The molecule has 0 saturated carbocycles. The van der Waals surface area contributed by atoms with Crippen molar-refractivity contribution in [3.05, 3.63) is 0 Å². The third kappa shape index (κ3) is 6.40. The zero-order chi connectivity index (χ0) is 22.8. The van der Waals surface area contributed by atoms with Gasteiger partial charge in [0.1, 0.15) is 0 Å². The van der Waals surface area contributed by atoms with Gasteiger partial charge in [-0.15, -0.1) is 0 Å². The van der Waals surface area contributed by atoms with E-state index >= 15 is 0 Å². The monoisotopic (exact) mass is 466 g/mol. The number of aliphatic carboxylic acids is 1. The highest BCUT2D eigenvalue weighted by molar-refractivity contribution is 7.86. The van der Waals surface area contributed by atoms with E-state index in [0.717, 1.165) is 74.8 Å². The van der Waals surface area contributed by atoms with Gasteiger partial charge < -0.3 is 5.11 Å². The lowest BCUT2D eigenvalue weighted by Gasteiger charge is -2.57. The van der Waals surface area contributed by atoms with E-state index in [-0.39, 0.29) is 0 Å². The fraction of sp³-hybridized carbons (Fsp3) is 0.952. The molecule has 0 rings (SSSR count). The van der Waals surface area contributed by atoms with Crippen LogP contribution < -0.4 is 0 Å². The van der Waals surface area contributed by atoms with Crippen LogP contribution in [0.5, 0.6) is 0 Å². The summed E-state index contributed by atoms with van der Waals surface area (Å²) in [6, 6.07) is 5.01. The van der Waals surface area contributed by atoms with Crippen LogP contribution in [-0.4, -0.2) is 45.9 Å². The van der Waals surface area contributed by atoms with Crippen molar-refractivity contribution in [3.63, 3.8) is 0 Å². The highest BCUT2D eigenvalue weighted by Crippen LogP contribution is 2.59. The van der Waals surface area contributed by atoms with Gasteiger partial charge in [0.2, 0.25) is 0 Å². The van der Waals surface area contributed by atoms with Crippen molar-refractivity contribution < 1.29 is 22.9 Å². The molecule has 0 atom stereocenters. The van der Waals surface area contributed by atoms with Crippen LogP contribution in [0, 0.1) is 0 Å². The van der Waals surface area contributed by atoms with Crippen molar-refractivity contribution in [2.45, 2.75) is 121 Å². The van der Waals surface area contributed by atoms with Crippen LogP contribution in [0.15, 0.2) is 0 Å². The van der Waals surface area contributed by atoms with E-state index in [0.29, 0.717) is 0 Å². The lowest BCUT2D eigenvalue weighted by atomic mass is 10.4. The van der Waals surface area contributed by atoms with E-state index in [1.54, 1.807) is 0 Å². The highest BCUT2D eigenvalue weighted by atomic mass is 32.2. The van der Waals surface area contributed by atoms with Crippen molar-refractivity contribution in [1.82, 2.24) is 0 Å². The Morgan fingerprint density at radius 2 is 0.931 bits per heavy atom. The fourth-order valence-corrected chi connectivity index (χ4v) is 28.2. The molecule has 8 heteroatoms. The summed E-state index contributed by atoms with van der Waals surface area (Å²) in [6.07, 6.45) is 5.26. The maximum absolute atomic E-state index is 13.3. The number of hydrogen-bond donors (Lipinski definition) is 2. The van der Waals surface area contributed by atoms with Crippen LogP contribution in [-0.2, 0) is 14.9 Å². The Balaban J connectivity index is 7.43. The molecule has 0 aliphatic carbocycles. The largest absolute Gasteiger partial charge is 0.481 e. The second-order valence-electron chi connectivity index (χ2n) is 9.00. The summed E-state index contributed by atoms with van der Waals surface area (Å²) in [5, 5.41) is 10.9. The minimum atomic E-state index is -4.41. The summed E-state index contributed by atoms with van der Waals surface area (Å²) < 4.78 is 33.7. The summed E-state index contributed by atoms with van der Waals surface area (Å²) in [7, 11) is -9.56. The Morgan fingerprint density at radius 3 is 1.07 bits per heavy atom. The van der Waals surface area contributed by atoms with Gasteiger partial charge in [0, 0.05) is 0 Å². The van der Waals surface area contributed by atoms with Crippen molar-refractivity contribution in [2.24, 2.45) is 0 Å². The summed E-state index contributed by atoms with van der Waals surface area (Å²) in [5.41, 5.74) is 0. The Labute approximate surface area is 181 Å². The van der Waals surface area contributed by atoms with Gasteiger partial charge in [-0.25, -0.2) is 0 Å². The average molecular weight is 467 g/mol. The smallest absolute Gasteiger partial charge is 0.305 e. The van der Waals surface area contributed by atoms with Crippen LogP contribution in [0.3, 0.4) is 0 Å². The Morgan fingerprint density at radius 1 is 0.690 bits per heavy atom. The van der Waals surface area contributed by atoms with E-state index in [4.69, 9.17) is 0 Å². The third-order valence-corrected chi connectivity index (χ3v) is 24.6. The standard InChI is InChI=1S/C21H46O5SSi2/c1-7-13-28(14-8-2,15-9-3)21(20(22)23,19-27(24,25)26)29(16-10-4,17-11-5)18-12-6/h7-19H2,1-6H3,(H,22,23)(H,24,25,26). The highest BCUT2D eigenvalue weighted by Gasteiger charge is 2.68. The number of hydrogen-bond acceptors (Lipinski definition) is 3. The molecular formula is C21H46O5SSi2. The maximum Gasteiger partial charge on any atom is 0.305 e. The zero-order valence-corrected chi connectivity index (χ0v) is 22.5. The first kappa shape index (κ1) is 28.8. The molecule has 0 fully saturated rings. The van der Waals surface area contributed by atoms with Gasteiger partial charge in [0.15, 0.2) is 0 Å². The van der Waals surface area contributed by atoms with E-state index in [1.165, 1.54) is 0 Å². The fourth-order valence-electron chi connectivity index (χ4n) is 6.56. The SMILES string of the molecule is CCC[Si](CCC)(CCC)C(CS(=O)(=O)O)(C(=O)O)[Si](CCC)(CCC)CCC. The summed E-state index contributed by atoms with van der Waals surface area (Å²) in [4.78, 5) is 13.3. The Hall–Kier alpha value is -0.186. The molecule has 0 aromatic carbocycles. The molecule has 2 N–H and O–H groups in total. The third-order valence-electron chi connectivity index (χ3n) is 6.95. The molecule has 0 radical (unpaired) electrons. The van der Waals surface area contributed by atoms with Gasteiger partial charge in [-0.05, 0) is 0 Å². The minimum absolute atomic E-state index is 0.562. The second-order valence-corrected chi connectivity index (χ2v) is 20.8. The molecule has 0 bridgehead atoms. The molecule has 0 aliphatic rings. The minimum Gasteiger partial charge on any atom is -0.481 e. The van der Waals surface area contributed by atoms with Crippen LogP contribution in [0.2, 0.25) is 40.9 Å². The van der Waals surface area contributed by atoms with Gasteiger partial charge in [-0.1, -0.05) is 116 Å². The Kier molecular flexibility index (Phi) is 12.5. The molecule has 0 aliphatic heterocycles. The maximum atomic E-state index is 13.3. The van der Waals surface area contributed by atoms with Gasteiger partial charge in [0.05, 0.1) is 26.6 Å². The van der Waals surface area contributed by atoms with E-state index in [1.807, 2.05) is 0 Å². The van der Waals surface area contributed by atoms with E-state index in [2.05, 4.69) is 41.5 Å². The topological polar surface area (TPSA) is 91.7 Å². The van der Waals surface area contributed by atoms with Crippen LogP contribution in [0.1, 0.15) is 80.1 Å². The Bertz CT molecular complexity index is 532. The molecule has 5 nitrogen and oxygen atoms in total. The molecule has 0 heterocycles. The van der Waals surface area contributed by atoms with Crippen molar-refractivity contribution in [2.75, 3.05) is 5.75 Å². The molecule has 0 saturated heterocycles. The summed E-state index contributed by atoms with van der Waals surface area (Å²) in [6.45, 7) is 12.6. The zero-order valence-electron chi connectivity index (χ0n) is 19.7. The van der Waals surface area contributed by atoms with Crippen LogP contribution >= 0.6 is 0 Å². The molecular weight excluding hydrogens is 420 g/mol. The lowest BCUT2D eigenvalue weighted by Crippen LogP contribution is -2.68. The number of carbonyl (C=O) groups is 1. The van der Waals surface area contributed by atoms with Crippen LogP contribution in [0.4, 0.5) is 0 Å². The summed E-state index contributed by atoms with van der Waals surface area (Å²) in [5.74, 6) is -1.48. The van der Waals surface area contributed by atoms with E-state index < -0.39 is 42.6 Å². The molecule has 0 aromatic heterocycles. The predicted octanol–water partition coefficient (Wildman–Crippen LogP) is 6.60. The second kappa shape index (κ2) is 12.6. The predicted molar refractivity (Wildman–Crippen MR) is 129 cm³/mol. The molecule has 0 unspecified atom stereocenters. The number of rotatable bonds is 17. The summed E-state index contributed by atoms with van der Waals surface area (Å²) >= 11 is 0. The molecule has 174 valence electrons. The van der Waals surface area contributed by atoms with Gasteiger partial charge in [-0.2, -0.15) is 8.42 Å². The van der Waals surface area contributed by atoms with Crippen molar-refractivity contribution in [1.29, 1.82) is 0 Å². The van der Waals surface area contributed by atoms with Crippen molar-refractivity contribution in [3.8, 4) is 0 Å². The number of carboxylic acid groups (broad SMARTS) is 1. The van der Waals surface area contributed by atoms with Crippen LogP contribution in [0.25, 0.3) is 0 Å². The lowest BCUT2D eigenvalue weighted by molar-refractivity contribution is -0.138.